The molecule has 0 bridgehead atoms. The number of anilines is 1. The van der Waals surface area contributed by atoms with E-state index in [9.17, 15) is 0 Å². The Hall–Kier alpha value is -1.14. The quantitative estimate of drug-likeness (QED) is 0.615. The minimum absolute atomic E-state index is 0.497. The van der Waals surface area contributed by atoms with Gasteiger partial charge < -0.3 is 19.8 Å². The molecule has 6 nitrogen and oxygen atoms in total. The molecule has 1 aromatic rings. The summed E-state index contributed by atoms with van der Waals surface area (Å²) in [6.07, 6.45) is 3.30. The maximum Gasteiger partial charge on any atom is 0.315 e. The summed E-state index contributed by atoms with van der Waals surface area (Å²) in [7, 11) is 3.56. The predicted octanol–water partition coefficient (Wildman–Crippen LogP) is 1.02. The summed E-state index contributed by atoms with van der Waals surface area (Å²) in [5.41, 5.74) is 0. The maximum absolute atomic E-state index is 5.33. The van der Waals surface area contributed by atoms with E-state index >= 15 is 0 Å². The molecule has 1 aromatic heterocycles. The van der Waals surface area contributed by atoms with Crippen molar-refractivity contribution in [1.82, 2.24) is 15.5 Å². The summed E-state index contributed by atoms with van der Waals surface area (Å²) in [6.45, 7) is 2.28. The molecule has 0 aliphatic carbocycles. The van der Waals surface area contributed by atoms with Gasteiger partial charge in [0, 0.05) is 20.3 Å². The third-order valence-corrected chi connectivity index (χ3v) is 2.10. The fourth-order valence-corrected chi connectivity index (χ4v) is 1.29. The predicted molar refractivity (Wildman–Crippen MR) is 61.3 cm³/mol. The Morgan fingerprint density at radius 2 is 2.12 bits per heavy atom. The number of ether oxygens (including phenoxy) is 1. The van der Waals surface area contributed by atoms with Crippen molar-refractivity contribution in [3.05, 3.63) is 5.89 Å². The van der Waals surface area contributed by atoms with Crippen LogP contribution in [0.15, 0.2) is 4.42 Å². The zero-order valence-electron chi connectivity index (χ0n) is 9.95. The lowest BCUT2D eigenvalue weighted by molar-refractivity contribution is 0.192. The van der Waals surface area contributed by atoms with Crippen molar-refractivity contribution in [3.63, 3.8) is 0 Å². The van der Waals surface area contributed by atoms with Crippen LogP contribution in [0, 0.1) is 0 Å². The molecule has 1 heterocycles. The van der Waals surface area contributed by atoms with E-state index in [1.54, 1.807) is 7.11 Å². The number of methoxy groups -OCH3 is 1. The van der Waals surface area contributed by atoms with Crippen LogP contribution in [-0.2, 0) is 11.3 Å². The second-order valence-corrected chi connectivity index (χ2v) is 3.51. The minimum atomic E-state index is 0.497. The standard InChI is InChI=1S/C10H20N4O2/c1-11-8-9-13-14-10(16-9)12-6-4-3-5-7-15-2/h11H,3-8H2,1-2H3,(H,12,14). The SMILES string of the molecule is CNCc1nnc(NCCCCCOC)o1. The topological polar surface area (TPSA) is 72.2 Å². The van der Waals surface area contributed by atoms with Gasteiger partial charge in [0.2, 0.25) is 5.89 Å². The first-order chi connectivity index (χ1) is 7.86. The average molecular weight is 228 g/mol. The monoisotopic (exact) mass is 228 g/mol. The minimum Gasteiger partial charge on any atom is -0.407 e. The summed E-state index contributed by atoms with van der Waals surface area (Å²) >= 11 is 0. The van der Waals surface area contributed by atoms with E-state index in [4.69, 9.17) is 9.15 Å². The lowest BCUT2D eigenvalue weighted by Gasteiger charge is -2.01. The molecule has 0 aliphatic rings. The first-order valence-electron chi connectivity index (χ1n) is 5.56. The number of unbranched alkanes of at least 4 members (excludes halogenated alkanes) is 2. The molecule has 0 atom stereocenters. The highest BCUT2D eigenvalue weighted by atomic mass is 16.5. The van der Waals surface area contributed by atoms with E-state index in [0.717, 1.165) is 32.4 Å². The van der Waals surface area contributed by atoms with Gasteiger partial charge in [0.1, 0.15) is 0 Å². The average Bonchev–Trinajstić information content (AvgIpc) is 2.72. The fourth-order valence-electron chi connectivity index (χ4n) is 1.29. The normalized spacial score (nSPS) is 10.6. The molecule has 0 fully saturated rings. The lowest BCUT2D eigenvalue weighted by atomic mass is 10.2. The van der Waals surface area contributed by atoms with Gasteiger partial charge in [-0.25, -0.2) is 0 Å². The van der Waals surface area contributed by atoms with Gasteiger partial charge in [0.05, 0.1) is 6.54 Å². The van der Waals surface area contributed by atoms with Crippen molar-refractivity contribution in [1.29, 1.82) is 0 Å². The molecule has 0 spiro atoms. The summed E-state index contributed by atoms with van der Waals surface area (Å²) in [6, 6.07) is 0.497. The summed E-state index contributed by atoms with van der Waals surface area (Å²) in [4.78, 5) is 0. The molecule has 16 heavy (non-hydrogen) atoms. The Labute approximate surface area is 95.8 Å². The van der Waals surface area contributed by atoms with Crippen LogP contribution in [0.1, 0.15) is 25.2 Å². The Balaban J connectivity index is 2.07. The van der Waals surface area contributed by atoms with Crippen molar-refractivity contribution in [3.8, 4) is 0 Å². The smallest absolute Gasteiger partial charge is 0.315 e. The molecule has 0 radical (unpaired) electrons. The fraction of sp³-hybridized carbons (Fsp3) is 0.800. The first-order valence-corrected chi connectivity index (χ1v) is 5.56. The highest BCUT2D eigenvalue weighted by molar-refractivity contribution is 5.16. The molecule has 1 rings (SSSR count). The Kier molecular flexibility index (Phi) is 6.52. The van der Waals surface area contributed by atoms with Crippen molar-refractivity contribution >= 4 is 6.01 Å². The molecule has 0 saturated heterocycles. The van der Waals surface area contributed by atoms with Gasteiger partial charge in [-0.15, -0.1) is 5.10 Å². The second-order valence-electron chi connectivity index (χ2n) is 3.51. The van der Waals surface area contributed by atoms with Gasteiger partial charge in [-0.2, -0.15) is 0 Å². The molecular weight excluding hydrogens is 208 g/mol. The second kappa shape index (κ2) is 8.06. The van der Waals surface area contributed by atoms with E-state index in [1.807, 2.05) is 7.05 Å². The molecule has 0 saturated carbocycles. The zero-order chi connectivity index (χ0) is 11.6. The molecule has 0 amide bonds. The summed E-state index contributed by atoms with van der Waals surface area (Å²) < 4.78 is 10.3. The van der Waals surface area contributed by atoms with E-state index in [2.05, 4.69) is 20.8 Å². The van der Waals surface area contributed by atoms with E-state index < -0.39 is 0 Å². The number of hydrogen-bond acceptors (Lipinski definition) is 6. The van der Waals surface area contributed by atoms with Gasteiger partial charge in [-0.05, 0) is 26.3 Å². The van der Waals surface area contributed by atoms with Gasteiger partial charge in [0.25, 0.3) is 0 Å². The number of hydrogen-bond donors (Lipinski definition) is 2. The van der Waals surface area contributed by atoms with Crippen LogP contribution in [0.4, 0.5) is 6.01 Å². The van der Waals surface area contributed by atoms with Crippen molar-refractivity contribution in [2.45, 2.75) is 25.8 Å². The van der Waals surface area contributed by atoms with Gasteiger partial charge >= 0.3 is 6.01 Å². The van der Waals surface area contributed by atoms with E-state index in [0.29, 0.717) is 18.5 Å². The number of nitrogens with zero attached hydrogens (tertiary/aromatic N) is 2. The Morgan fingerprint density at radius 3 is 2.88 bits per heavy atom. The highest BCUT2D eigenvalue weighted by Crippen LogP contribution is 2.05. The molecule has 6 heteroatoms. The van der Waals surface area contributed by atoms with Crippen LogP contribution in [0.25, 0.3) is 0 Å². The largest absolute Gasteiger partial charge is 0.407 e. The molecule has 92 valence electrons. The summed E-state index contributed by atoms with van der Waals surface area (Å²) in [5.74, 6) is 0.601. The highest BCUT2D eigenvalue weighted by Gasteiger charge is 2.03. The van der Waals surface area contributed by atoms with E-state index in [1.165, 1.54) is 0 Å². The molecule has 2 N–H and O–H groups in total. The van der Waals surface area contributed by atoms with Crippen LogP contribution < -0.4 is 10.6 Å². The van der Waals surface area contributed by atoms with Crippen LogP contribution in [0.5, 0.6) is 0 Å². The van der Waals surface area contributed by atoms with Crippen LogP contribution in [0.3, 0.4) is 0 Å². The van der Waals surface area contributed by atoms with E-state index in [-0.39, 0.29) is 0 Å². The number of nitrogens with one attached hydrogen (secondary N) is 2. The van der Waals surface area contributed by atoms with Crippen LogP contribution in [-0.4, -0.2) is 37.5 Å². The third-order valence-electron chi connectivity index (χ3n) is 2.10. The maximum atomic E-state index is 5.33. The van der Waals surface area contributed by atoms with Gasteiger partial charge in [-0.3, -0.25) is 0 Å². The zero-order valence-corrected chi connectivity index (χ0v) is 9.95. The number of aromatic nitrogens is 2. The van der Waals surface area contributed by atoms with Crippen molar-refractivity contribution in [2.24, 2.45) is 0 Å². The van der Waals surface area contributed by atoms with Gasteiger partial charge in [0.15, 0.2) is 0 Å². The lowest BCUT2D eigenvalue weighted by Crippen LogP contribution is -2.05. The Morgan fingerprint density at radius 1 is 1.25 bits per heavy atom. The summed E-state index contributed by atoms with van der Waals surface area (Å²) in [5, 5.41) is 13.8. The van der Waals surface area contributed by atoms with Gasteiger partial charge in [-0.1, -0.05) is 5.10 Å². The number of rotatable bonds is 9. The van der Waals surface area contributed by atoms with Crippen LogP contribution in [0.2, 0.25) is 0 Å². The van der Waals surface area contributed by atoms with Crippen molar-refractivity contribution in [2.75, 3.05) is 32.6 Å². The Bertz CT molecular complexity index is 278. The molecule has 0 aliphatic heterocycles. The third kappa shape index (κ3) is 5.09. The van der Waals surface area contributed by atoms with Crippen molar-refractivity contribution < 1.29 is 9.15 Å². The first kappa shape index (κ1) is 12.9. The molecular formula is C10H20N4O2. The van der Waals surface area contributed by atoms with Crippen LogP contribution >= 0.6 is 0 Å². The molecule has 0 aromatic carbocycles. The molecule has 0 unspecified atom stereocenters.